The van der Waals surface area contributed by atoms with E-state index in [4.69, 9.17) is 5.26 Å². The molecule has 0 saturated heterocycles. The highest BCUT2D eigenvalue weighted by Crippen LogP contribution is 2.11. The van der Waals surface area contributed by atoms with Crippen LogP contribution in [-0.4, -0.2) is 13.0 Å². The van der Waals surface area contributed by atoms with E-state index in [0.717, 1.165) is 0 Å². The van der Waals surface area contributed by atoms with E-state index in [1.165, 1.54) is 18.2 Å². The molecule has 1 N–H and O–H groups in total. The summed E-state index contributed by atoms with van der Waals surface area (Å²) in [5, 5.41) is 10.9. The number of hydrogen-bond donors (Lipinski definition) is 1. The van der Waals surface area contributed by atoms with Gasteiger partial charge in [-0.2, -0.15) is 5.26 Å². The van der Waals surface area contributed by atoms with Gasteiger partial charge in [-0.25, -0.2) is 13.2 Å². The van der Waals surface area contributed by atoms with Crippen molar-refractivity contribution in [3.05, 3.63) is 35.1 Å². The molecule has 0 aliphatic carbocycles. The van der Waals surface area contributed by atoms with Gasteiger partial charge < -0.3 is 5.32 Å². The first kappa shape index (κ1) is 11.5. The van der Waals surface area contributed by atoms with E-state index in [0.29, 0.717) is 0 Å². The number of benzene rings is 1. The van der Waals surface area contributed by atoms with Gasteiger partial charge in [0.2, 0.25) is 0 Å². The lowest BCUT2D eigenvalue weighted by molar-refractivity contribution is 0.145. The van der Waals surface area contributed by atoms with Crippen LogP contribution in [0.3, 0.4) is 0 Å². The molecule has 0 atom stereocenters. The van der Waals surface area contributed by atoms with Crippen LogP contribution >= 0.6 is 0 Å². The molecule has 0 amide bonds. The summed E-state index contributed by atoms with van der Waals surface area (Å²) in [5.74, 6) is -0.651. The number of halogens is 3. The number of hydrogen-bond acceptors (Lipinski definition) is 2. The SMILES string of the molecule is N#Cc1cccc(CNCC(F)F)c1F. The zero-order valence-corrected chi connectivity index (χ0v) is 7.80. The molecule has 1 rings (SSSR count). The van der Waals surface area contributed by atoms with Crippen molar-refractivity contribution in [2.24, 2.45) is 0 Å². The van der Waals surface area contributed by atoms with Gasteiger partial charge in [-0.15, -0.1) is 0 Å². The lowest BCUT2D eigenvalue weighted by Crippen LogP contribution is -2.21. The fourth-order valence-corrected chi connectivity index (χ4v) is 1.12. The molecule has 0 aliphatic rings. The Morgan fingerprint density at radius 1 is 1.40 bits per heavy atom. The zero-order valence-electron chi connectivity index (χ0n) is 7.80. The molecule has 15 heavy (non-hydrogen) atoms. The third-order valence-corrected chi connectivity index (χ3v) is 1.81. The van der Waals surface area contributed by atoms with Gasteiger partial charge in [0.05, 0.1) is 12.1 Å². The van der Waals surface area contributed by atoms with Crippen LogP contribution in [0.25, 0.3) is 0 Å². The Labute approximate surface area is 85.3 Å². The smallest absolute Gasteiger partial charge is 0.250 e. The Bertz CT molecular complexity index is 371. The second-order valence-corrected chi connectivity index (χ2v) is 2.91. The number of nitrogens with one attached hydrogen (secondary N) is 1. The molecule has 1 aromatic carbocycles. The lowest BCUT2D eigenvalue weighted by Gasteiger charge is -2.05. The summed E-state index contributed by atoms with van der Waals surface area (Å²) in [6, 6.07) is 5.99. The lowest BCUT2D eigenvalue weighted by atomic mass is 10.1. The number of alkyl halides is 2. The van der Waals surface area contributed by atoms with Crippen molar-refractivity contribution in [3.8, 4) is 6.07 Å². The quantitative estimate of drug-likeness (QED) is 0.832. The van der Waals surface area contributed by atoms with Crippen LogP contribution in [0.4, 0.5) is 13.2 Å². The van der Waals surface area contributed by atoms with Gasteiger partial charge in [0, 0.05) is 12.1 Å². The number of nitriles is 1. The molecule has 0 unspecified atom stereocenters. The highest BCUT2D eigenvalue weighted by molar-refractivity contribution is 5.34. The predicted molar refractivity (Wildman–Crippen MR) is 48.8 cm³/mol. The van der Waals surface area contributed by atoms with E-state index in [1.807, 2.05) is 0 Å². The molecule has 80 valence electrons. The molecule has 0 spiro atoms. The van der Waals surface area contributed by atoms with Crippen molar-refractivity contribution in [3.63, 3.8) is 0 Å². The standard InChI is InChI=1S/C10H9F3N2/c11-9(12)6-15-5-8-3-1-2-7(4-14)10(8)13/h1-3,9,15H,5-6H2. The van der Waals surface area contributed by atoms with E-state index < -0.39 is 18.8 Å². The highest BCUT2D eigenvalue weighted by atomic mass is 19.3. The first-order chi connectivity index (χ1) is 7.15. The second-order valence-electron chi connectivity index (χ2n) is 2.91. The van der Waals surface area contributed by atoms with Gasteiger partial charge in [-0.3, -0.25) is 0 Å². The molecule has 0 radical (unpaired) electrons. The molecule has 0 saturated carbocycles. The van der Waals surface area contributed by atoms with Gasteiger partial charge in [0.25, 0.3) is 6.43 Å². The Hall–Kier alpha value is -1.54. The largest absolute Gasteiger partial charge is 0.307 e. The van der Waals surface area contributed by atoms with Crippen molar-refractivity contribution in [2.45, 2.75) is 13.0 Å². The summed E-state index contributed by atoms with van der Waals surface area (Å²) in [4.78, 5) is 0. The summed E-state index contributed by atoms with van der Waals surface area (Å²) in [5.41, 5.74) is 0.140. The molecular weight excluding hydrogens is 205 g/mol. The van der Waals surface area contributed by atoms with E-state index >= 15 is 0 Å². The van der Waals surface area contributed by atoms with Crippen LogP contribution in [0, 0.1) is 17.1 Å². The summed E-state index contributed by atoms with van der Waals surface area (Å²) >= 11 is 0. The van der Waals surface area contributed by atoms with Gasteiger partial charge in [0.1, 0.15) is 11.9 Å². The predicted octanol–water partition coefficient (Wildman–Crippen LogP) is 2.05. The van der Waals surface area contributed by atoms with Crippen molar-refractivity contribution >= 4 is 0 Å². The van der Waals surface area contributed by atoms with Crippen LogP contribution in [0.2, 0.25) is 0 Å². The maximum atomic E-state index is 13.3. The van der Waals surface area contributed by atoms with Crippen LogP contribution < -0.4 is 5.32 Å². The summed E-state index contributed by atoms with van der Waals surface area (Å²) in [7, 11) is 0. The topological polar surface area (TPSA) is 35.8 Å². The van der Waals surface area contributed by atoms with Crippen LogP contribution in [-0.2, 0) is 6.54 Å². The molecule has 1 aromatic rings. The maximum absolute atomic E-state index is 13.3. The summed E-state index contributed by atoms with van der Waals surface area (Å²) in [6.07, 6.45) is -2.47. The van der Waals surface area contributed by atoms with E-state index in [9.17, 15) is 13.2 Å². The fraction of sp³-hybridized carbons (Fsp3) is 0.300. The Kier molecular flexibility index (Phi) is 4.13. The molecule has 0 aliphatic heterocycles. The van der Waals surface area contributed by atoms with Crippen molar-refractivity contribution in [1.82, 2.24) is 5.32 Å². The van der Waals surface area contributed by atoms with Gasteiger partial charge in [-0.1, -0.05) is 12.1 Å². The summed E-state index contributed by atoms with van der Waals surface area (Å²) < 4.78 is 36.9. The van der Waals surface area contributed by atoms with E-state index in [-0.39, 0.29) is 17.7 Å². The fourth-order valence-electron chi connectivity index (χ4n) is 1.12. The van der Waals surface area contributed by atoms with Gasteiger partial charge >= 0.3 is 0 Å². The first-order valence-corrected chi connectivity index (χ1v) is 4.31. The normalized spacial score (nSPS) is 10.3. The van der Waals surface area contributed by atoms with E-state index in [1.54, 1.807) is 6.07 Å². The van der Waals surface area contributed by atoms with Crippen LogP contribution in [0.1, 0.15) is 11.1 Å². The Morgan fingerprint density at radius 3 is 2.73 bits per heavy atom. The van der Waals surface area contributed by atoms with E-state index in [2.05, 4.69) is 5.32 Å². The first-order valence-electron chi connectivity index (χ1n) is 4.31. The summed E-state index contributed by atoms with van der Waals surface area (Å²) in [6.45, 7) is -0.498. The molecule has 5 heteroatoms. The average Bonchev–Trinajstić information content (AvgIpc) is 2.20. The van der Waals surface area contributed by atoms with Gasteiger partial charge in [0.15, 0.2) is 0 Å². The molecule has 0 heterocycles. The highest BCUT2D eigenvalue weighted by Gasteiger charge is 2.08. The average molecular weight is 214 g/mol. The Morgan fingerprint density at radius 2 is 2.13 bits per heavy atom. The molecular formula is C10H9F3N2. The molecule has 2 nitrogen and oxygen atoms in total. The minimum atomic E-state index is -2.47. The number of nitrogens with zero attached hydrogens (tertiary/aromatic N) is 1. The number of rotatable bonds is 4. The van der Waals surface area contributed by atoms with Crippen molar-refractivity contribution in [1.29, 1.82) is 5.26 Å². The monoisotopic (exact) mass is 214 g/mol. The van der Waals surface area contributed by atoms with Crippen molar-refractivity contribution in [2.75, 3.05) is 6.54 Å². The minimum absolute atomic E-state index is 0.00824. The van der Waals surface area contributed by atoms with Gasteiger partial charge in [-0.05, 0) is 6.07 Å². The van der Waals surface area contributed by atoms with Crippen molar-refractivity contribution < 1.29 is 13.2 Å². The van der Waals surface area contributed by atoms with Crippen LogP contribution in [0.5, 0.6) is 0 Å². The molecule has 0 fully saturated rings. The molecule has 0 aromatic heterocycles. The third kappa shape index (κ3) is 3.26. The van der Waals surface area contributed by atoms with Crippen LogP contribution in [0.15, 0.2) is 18.2 Å². The maximum Gasteiger partial charge on any atom is 0.250 e. The second kappa shape index (κ2) is 5.37. The third-order valence-electron chi connectivity index (χ3n) is 1.81. The zero-order chi connectivity index (χ0) is 11.3. The Balaban J connectivity index is 2.66. The minimum Gasteiger partial charge on any atom is -0.307 e. The molecule has 0 bridgehead atoms.